The molecule has 0 N–H and O–H groups in total. The fourth-order valence-electron chi connectivity index (χ4n) is 1.82. The number of furan rings is 1. The van der Waals surface area contributed by atoms with E-state index in [4.69, 9.17) is 18.6 Å². The first-order valence-corrected chi connectivity index (χ1v) is 6.81. The van der Waals surface area contributed by atoms with Crippen molar-refractivity contribution in [3.05, 3.63) is 36.1 Å². The lowest BCUT2D eigenvalue weighted by molar-refractivity contribution is -0.137. The molecular weight excluding hydrogens is 272 g/mol. The molecule has 0 spiro atoms. The van der Waals surface area contributed by atoms with Crippen LogP contribution in [0.4, 0.5) is 0 Å². The number of carbonyl (C=O) groups excluding carboxylic acids is 1. The molecule has 0 aliphatic rings. The van der Waals surface area contributed by atoms with Crippen molar-refractivity contribution in [2.24, 2.45) is 0 Å². The van der Waals surface area contributed by atoms with Crippen molar-refractivity contribution in [1.82, 2.24) is 0 Å². The van der Waals surface area contributed by atoms with Gasteiger partial charge in [-0.3, -0.25) is 0 Å². The van der Waals surface area contributed by atoms with Crippen molar-refractivity contribution >= 4 is 23.0 Å². The molecule has 0 aliphatic carbocycles. The van der Waals surface area contributed by atoms with E-state index < -0.39 is 0 Å². The van der Waals surface area contributed by atoms with Gasteiger partial charge in [0.15, 0.2) is 6.79 Å². The average Bonchev–Trinajstić information content (AvgIpc) is 2.94. The highest BCUT2D eigenvalue weighted by atomic mass is 16.7. The van der Waals surface area contributed by atoms with E-state index in [-0.39, 0.29) is 12.8 Å². The van der Waals surface area contributed by atoms with Gasteiger partial charge in [-0.25, -0.2) is 4.79 Å². The number of hydrogen-bond donors (Lipinski definition) is 0. The van der Waals surface area contributed by atoms with Crippen LogP contribution >= 0.6 is 0 Å². The number of ether oxygens (including phenoxy) is 3. The summed E-state index contributed by atoms with van der Waals surface area (Å²) in [7, 11) is 0. The van der Waals surface area contributed by atoms with Gasteiger partial charge in [0.2, 0.25) is 0 Å². The van der Waals surface area contributed by atoms with Crippen LogP contribution in [0.25, 0.3) is 17.0 Å². The van der Waals surface area contributed by atoms with Crippen LogP contribution in [0.3, 0.4) is 0 Å². The number of esters is 1. The van der Waals surface area contributed by atoms with Gasteiger partial charge in [-0.2, -0.15) is 0 Å². The molecule has 0 bridgehead atoms. The largest absolute Gasteiger partial charge is 0.467 e. The molecule has 0 saturated carbocycles. The Morgan fingerprint density at radius 2 is 2.14 bits per heavy atom. The third-order valence-corrected chi connectivity index (χ3v) is 2.76. The number of carbonyl (C=O) groups is 1. The van der Waals surface area contributed by atoms with E-state index in [1.165, 1.54) is 6.08 Å². The summed E-state index contributed by atoms with van der Waals surface area (Å²) in [6, 6.07) is 5.49. The van der Waals surface area contributed by atoms with E-state index in [2.05, 4.69) is 0 Å². The van der Waals surface area contributed by atoms with Crippen LogP contribution in [-0.2, 0) is 14.3 Å². The molecule has 0 fully saturated rings. The number of rotatable bonds is 7. The Morgan fingerprint density at radius 3 is 2.90 bits per heavy atom. The van der Waals surface area contributed by atoms with Gasteiger partial charge in [0.05, 0.1) is 18.3 Å². The molecule has 1 aromatic heterocycles. The van der Waals surface area contributed by atoms with Crippen LogP contribution < -0.4 is 4.74 Å². The maximum atomic E-state index is 11.3. The van der Waals surface area contributed by atoms with Gasteiger partial charge in [-0.1, -0.05) is 0 Å². The summed E-state index contributed by atoms with van der Waals surface area (Å²) in [5.74, 6) is 0.270. The van der Waals surface area contributed by atoms with E-state index in [1.54, 1.807) is 19.3 Å². The predicted octanol–water partition coefficient (Wildman–Crippen LogP) is 3.38. The molecular formula is C16H18O5. The Bertz CT molecular complexity index is 627. The van der Waals surface area contributed by atoms with Crippen LogP contribution in [0, 0.1) is 0 Å². The molecule has 0 atom stereocenters. The number of fused-ring (bicyclic) bond motifs is 1. The average molecular weight is 290 g/mol. The Morgan fingerprint density at radius 1 is 1.29 bits per heavy atom. The van der Waals surface area contributed by atoms with Crippen LogP contribution in [0.2, 0.25) is 0 Å². The van der Waals surface area contributed by atoms with Crippen molar-refractivity contribution in [1.29, 1.82) is 0 Å². The van der Waals surface area contributed by atoms with Gasteiger partial charge in [0, 0.05) is 12.7 Å². The summed E-state index contributed by atoms with van der Waals surface area (Å²) in [6.45, 7) is 4.76. The quantitative estimate of drug-likeness (QED) is 0.338. The van der Waals surface area contributed by atoms with Gasteiger partial charge in [0.25, 0.3) is 0 Å². The monoisotopic (exact) mass is 290 g/mol. The van der Waals surface area contributed by atoms with E-state index >= 15 is 0 Å². The fraction of sp³-hybridized carbons (Fsp3) is 0.312. The summed E-state index contributed by atoms with van der Waals surface area (Å²) in [5.41, 5.74) is 1.48. The summed E-state index contributed by atoms with van der Waals surface area (Å²) in [4.78, 5) is 11.3. The maximum Gasteiger partial charge on any atom is 0.330 e. The van der Waals surface area contributed by atoms with Gasteiger partial charge in [-0.05, 0) is 43.7 Å². The van der Waals surface area contributed by atoms with Crippen LogP contribution in [0.15, 0.2) is 35.0 Å². The van der Waals surface area contributed by atoms with E-state index in [0.717, 1.165) is 10.9 Å². The van der Waals surface area contributed by atoms with Crippen molar-refractivity contribution < 1.29 is 23.4 Å². The smallest absolute Gasteiger partial charge is 0.330 e. The summed E-state index contributed by atoms with van der Waals surface area (Å²) >= 11 is 0. The highest BCUT2D eigenvalue weighted by Gasteiger charge is 2.07. The molecule has 0 radical (unpaired) electrons. The minimum absolute atomic E-state index is 0.168. The molecule has 0 amide bonds. The zero-order valence-corrected chi connectivity index (χ0v) is 12.1. The van der Waals surface area contributed by atoms with Crippen LogP contribution in [0.1, 0.15) is 19.4 Å². The minimum atomic E-state index is -0.381. The van der Waals surface area contributed by atoms with Gasteiger partial charge >= 0.3 is 5.97 Å². The molecule has 112 valence electrons. The van der Waals surface area contributed by atoms with E-state index in [0.29, 0.717) is 24.5 Å². The first-order chi connectivity index (χ1) is 10.2. The molecule has 5 heteroatoms. The van der Waals surface area contributed by atoms with Gasteiger partial charge in [-0.15, -0.1) is 0 Å². The maximum absolute atomic E-state index is 11.3. The van der Waals surface area contributed by atoms with E-state index in [1.807, 2.05) is 25.1 Å². The lowest BCUT2D eigenvalue weighted by atomic mass is 10.1. The highest BCUT2D eigenvalue weighted by Crippen LogP contribution is 2.29. The summed E-state index contributed by atoms with van der Waals surface area (Å²) in [5, 5.41) is 0.864. The Balaban J connectivity index is 2.22. The second kappa shape index (κ2) is 7.50. The first kappa shape index (κ1) is 15.1. The lowest BCUT2D eigenvalue weighted by Gasteiger charge is -2.08. The van der Waals surface area contributed by atoms with Crippen LogP contribution in [-0.4, -0.2) is 26.0 Å². The topological polar surface area (TPSA) is 57.9 Å². The van der Waals surface area contributed by atoms with Gasteiger partial charge in [0.1, 0.15) is 11.3 Å². The van der Waals surface area contributed by atoms with Gasteiger partial charge < -0.3 is 18.6 Å². The Hall–Kier alpha value is -2.27. The lowest BCUT2D eigenvalue weighted by Crippen LogP contribution is -2.02. The van der Waals surface area contributed by atoms with Crippen molar-refractivity contribution in [2.75, 3.05) is 20.0 Å². The third-order valence-electron chi connectivity index (χ3n) is 2.76. The highest BCUT2D eigenvalue weighted by molar-refractivity contribution is 5.90. The standard InChI is InChI=1S/C16H18O5/c1-3-18-11-21-15-10-12(5-6-16(17)19-4-2)9-14-13(15)7-8-20-14/h5-10H,3-4,11H2,1-2H3/b6-5+. The third kappa shape index (κ3) is 4.10. The number of benzene rings is 1. The number of hydrogen-bond acceptors (Lipinski definition) is 5. The SMILES string of the molecule is CCOCOc1cc(/C=C/C(=O)OCC)cc2occc12. The zero-order chi connectivity index (χ0) is 15.1. The Labute approximate surface area is 123 Å². The molecule has 1 heterocycles. The van der Waals surface area contributed by atoms with Crippen molar-refractivity contribution in [2.45, 2.75) is 13.8 Å². The summed E-state index contributed by atoms with van der Waals surface area (Å²) < 4.78 is 21.0. The Kier molecular flexibility index (Phi) is 5.40. The molecule has 2 rings (SSSR count). The first-order valence-electron chi connectivity index (χ1n) is 6.81. The molecule has 0 saturated heterocycles. The molecule has 21 heavy (non-hydrogen) atoms. The fourth-order valence-corrected chi connectivity index (χ4v) is 1.82. The van der Waals surface area contributed by atoms with E-state index in [9.17, 15) is 4.79 Å². The normalized spacial score (nSPS) is 11.1. The summed E-state index contributed by atoms with van der Waals surface area (Å²) in [6.07, 6.45) is 4.63. The van der Waals surface area contributed by atoms with Crippen molar-refractivity contribution in [3.8, 4) is 5.75 Å². The molecule has 1 aromatic carbocycles. The second-order valence-electron chi connectivity index (χ2n) is 4.19. The second-order valence-corrected chi connectivity index (χ2v) is 4.19. The molecule has 0 aliphatic heterocycles. The molecule has 2 aromatic rings. The zero-order valence-electron chi connectivity index (χ0n) is 12.1. The minimum Gasteiger partial charge on any atom is -0.467 e. The predicted molar refractivity (Wildman–Crippen MR) is 79.0 cm³/mol. The van der Waals surface area contributed by atoms with Crippen LogP contribution in [0.5, 0.6) is 5.75 Å². The molecule has 5 nitrogen and oxygen atoms in total. The van der Waals surface area contributed by atoms with Crippen molar-refractivity contribution in [3.63, 3.8) is 0 Å². The molecule has 0 unspecified atom stereocenters.